The zero-order chi connectivity index (χ0) is 23.6. The molecule has 1 fully saturated rings. The number of hydrogen-bond donors (Lipinski definition) is 2. The van der Waals surface area contributed by atoms with Gasteiger partial charge in [0.2, 0.25) is 0 Å². The molecule has 0 spiro atoms. The molecule has 6 heteroatoms. The van der Waals surface area contributed by atoms with Crippen molar-refractivity contribution in [2.45, 2.75) is 31.8 Å². The van der Waals surface area contributed by atoms with Crippen molar-refractivity contribution in [1.82, 2.24) is 15.5 Å². The molecule has 1 heterocycles. The molecule has 4 rings (SSSR count). The molecule has 5 nitrogen and oxygen atoms in total. The molecular formula is C28H31N3O2S. The maximum absolute atomic E-state index is 12.6. The fraction of sp³-hybridized carbons (Fsp3) is 0.286. The van der Waals surface area contributed by atoms with Crippen LogP contribution >= 0.6 is 12.2 Å². The van der Waals surface area contributed by atoms with Crippen LogP contribution in [0.3, 0.4) is 0 Å². The van der Waals surface area contributed by atoms with Crippen molar-refractivity contribution in [1.29, 1.82) is 0 Å². The summed E-state index contributed by atoms with van der Waals surface area (Å²) in [5.74, 6) is 0.533. The highest BCUT2D eigenvalue weighted by Crippen LogP contribution is 2.15. The van der Waals surface area contributed by atoms with Crippen molar-refractivity contribution in [3.63, 3.8) is 0 Å². The third-order valence-corrected chi connectivity index (χ3v) is 6.24. The van der Waals surface area contributed by atoms with Gasteiger partial charge in [0.15, 0.2) is 5.11 Å². The van der Waals surface area contributed by atoms with Crippen LogP contribution in [0.4, 0.5) is 0 Å². The normalized spacial score (nSPS) is 14.4. The Morgan fingerprint density at radius 1 is 0.882 bits per heavy atom. The van der Waals surface area contributed by atoms with Gasteiger partial charge in [0, 0.05) is 37.7 Å². The molecule has 2 N–H and O–H groups in total. The number of nitrogens with one attached hydrogen (secondary N) is 2. The van der Waals surface area contributed by atoms with Crippen molar-refractivity contribution in [3.8, 4) is 5.75 Å². The number of ether oxygens (including phenoxy) is 1. The van der Waals surface area contributed by atoms with Gasteiger partial charge in [-0.1, -0.05) is 60.7 Å². The van der Waals surface area contributed by atoms with Gasteiger partial charge < -0.3 is 10.1 Å². The van der Waals surface area contributed by atoms with Crippen LogP contribution in [0.15, 0.2) is 84.9 Å². The maximum atomic E-state index is 12.6. The third kappa shape index (κ3) is 7.40. The van der Waals surface area contributed by atoms with Crippen LogP contribution in [0.1, 0.15) is 34.3 Å². The number of nitrogens with zero attached hydrogens (tertiary/aromatic N) is 1. The van der Waals surface area contributed by atoms with E-state index >= 15 is 0 Å². The smallest absolute Gasteiger partial charge is 0.257 e. The van der Waals surface area contributed by atoms with E-state index in [2.05, 4.69) is 51.9 Å². The summed E-state index contributed by atoms with van der Waals surface area (Å²) in [5.41, 5.74) is 3.13. The lowest BCUT2D eigenvalue weighted by Gasteiger charge is -2.32. The standard InChI is InChI=1S/C28H31N3O2S/c32-27(24-11-13-26(14-12-24)33-20-17-22-7-3-1-4-8-22)30-28(34)29-25-15-18-31(19-16-25)21-23-9-5-2-6-10-23/h1-14,25H,15-21H2,(H2,29,30,32,34). The van der Waals surface area contributed by atoms with Crippen molar-refractivity contribution in [3.05, 3.63) is 102 Å². The molecule has 3 aromatic carbocycles. The number of carbonyl (C=O) groups excluding carboxylic acids is 1. The number of piperidine rings is 1. The van der Waals surface area contributed by atoms with Crippen molar-refractivity contribution in [2.75, 3.05) is 19.7 Å². The number of amides is 1. The number of likely N-dealkylation sites (tertiary alicyclic amines) is 1. The van der Waals surface area contributed by atoms with Gasteiger partial charge in [0.1, 0.15) is 5.75 Å². The van der Waals surface area contributed by atoms with Crippen LogP contribution in [0.25, 0.3) is 0 Å². The highest BCUT2D eigenvalue weighted by atomic mass is 32.1. The Hall–Kier alpha value is -3.22. The first-order valence-electron chi connectivity index (χ1n) is 11.8. The minimum atomic E-state index is -0.213. The van der Waals surface area contributed by atoms with E-state index < -0.39 is 0 Å². The Kier molecular flexibility index (Phi) is 8.65. The van der Waals surface area contributed by atoms with Gasteiger partial charge >= 0.3 is 0 Å². The number of benzene rings is 3. The molecule has 3 aromatic rings. The molecule has 1 aliphatic heterocycles. The summed E-state index contributed by atoms with van der Waals surface area (Å²) in [4.78, 5) is 15.0. The van der Waals surface area contributed by atoms with E-state index in [9.17, 15) is 4.79 Å². The Balaban J connectivity index is 1.16. The summed E-state index contributed by atoms with van der Waals surface area (Å²) in [7, 11) is 0. The van der Waals surface area contributed by atoms with Crippen LogP contribution in [0.2, 0.25) is 0 Å². The lowest BCUT2D eigenvalue weighted by molar-refractivity contribution is 0.0976. The number of rotatable bonds is 8. The first-order valence-corrected chi connectivity index (χ1v) is 12.2. The second kappa shape index (κ2) is 12.3. The highest BCUT2D eigenvalue weighted by Gasteiger charge is 2.20. The molecule has 0 aromatic heterocycles. The van der Waals surface area contributed by atoms with Crippen LogP contribution < -0.4 is 15.4 Å². The fourth-order valence-electron chi connectivity index (χ4n) is 4.11. The Bertz CT molecular complexity index is 1050. The molecule has 0 aliphatic carbocycles. The van der Waals surface area contributed by atoms with Crippen molar-refractivity contribution < 1.29 is 9.53 Å². The molecule has 0 saturated carbocycles. The van der Waals surface area contributed by atoms with E-state index in [4.69, 9.17) is 17.0 Å². The Morgan fingerprint density at radius 3 is 2.15 bits per heavy atom. The van der Waals surface area contributed by atoms with E-state index in [1.54, 1.807) is 12.1 Å². The minimum Gasteiger partial charge on any atom is -0.493 e. The summed E-state index contributed by atoms with van der Waals surface area (Å²) in [5, 5.41) is 6.50. The Labute approximate surface area is 207 Å². The monoisotopic (exact) mass is 473 g/mol. The van der Waals surface area contributed by atoms with Gasteiger partial charge in [-0.2, -0.15) is 0 Å². The van der Waals surface area contributed by atoms with Crippen LogP contribution in [-0.4, -0.2) is 41.7 Å². The van der Waals surface area contributed by atoms with Crippen LogP contribution in [-0.2, 0) is 13.0 Å². The zero-order valence-corrected chi connectivity index (χ0v) is 20.1. The fourth-order valence-corrected chi connectivity index (χ4v) is 4.37. The summed E-state index contributed by atoms with van der Waals surface area (Å²) >= 11 is 5.39. The van der Waals surface area contributed by atoms with E-state index in [0.29, 0.717) is 17.3 Å². The quantitative estimate of drug-likeness (QED) is 0.469. The average molecular weight is 474 g/mol. The molecule has 0 atom stereocenters. The minimum absolute atomic E-state index is 0.213. The predicted molar refractivity (Wildman–Crippen MR) is 140 cm³/mol. The molecule has 1 aliphatic rings. The van der Waals surface area contributed by atoms with Gasteiger partial charge in [-0.25, -0.2) is 0 Å². The number of carbonyl (C=O) groups is 1. The second-order valence-electron chi connectivity index (χ2n) is 8.57. The number of thiocarbonyl (C=S) groups is 1. The molecule has 0 bridgehead atoms. The lowest BCUT2D eigenvalue weighted by atomic mass is 10.0. The molecular weight excluding hydrogens is 442 g/mol. The van der Waals surface area contributed by atoms with Gasteiger partial charge in [-0.3, -0.25) is 15.0 Å². The molecule has 34 heavy (non-hydrogen) atoms. The van der Waals surface area contributed by atoms with Crippen LogP contribution in [0.5, 0.6) is 5.75 Å². The SMILES string of the molecule is O=C(NC(=S)NC1CCN(Cc2ccccc2)CC1)c1ccc(OCCc2ccccc2)cc1. The van der Waals surface area contributed by atoms with Crippen molar-refractivity contribution in [2.24, 2.45) is 0 Å². The zero-order valence-electron chi connectivity index (χ0n) is 19.3. The second-order valence-corrected chi connectivity index (χ2v) is 8.98. The van der Waals surface area contributed by atoms with E-state index in [1.807, 2.05) is 36.4 Å². The molecule has 0 radical (unpaired) electrons. The molecule has 1 saturated heterocycles. The lowest BCUT2D eigenvalue weighted by Crippen LogP contribution is -2.48. The van der Waals surface area contributed by atoms with Gasteiger partial charge in [0.25, 0.3) is 5.91 Å². The number of hydrogen-bond acceptors (Lipinski definition) is 4. The van der Waals surface area contributed by atoms with Gasteiger partial charge in [-0.15, -0.1) is 0 Å². The summed E-state index contributed by atoms with van der Waals surface area (Å²) in [6, 6.07) is 28.2. The van der Waals surface area contributed by atoms with Gasteiger partial charge in [-0.05, 0) is 60.5 Å². The summed E-state index contributed by atoms with van der Waals surface area (Å²) in [6.45, 7) is 3.58. The molecule has 0 unspecified atom stereocenters. The first kappa shape index (κ1) is 23.9. The largest absolute Gasteiger partial charge is 0.493 e. The van der Waals surface area contributed by atoms with Crippen LogP contribution in [0, 0.1) is 0 Å². The molecule has 1 amide bonds. The summed E-state index contributed by atoms with van der Waals surface area (Å²) in [6.07, 6.45) is 2.84. The van der Waals surface area contributed by atoms with Gasteiger partial charge in [0.05, 0.1) is 6.61 Å². The Morgan fingerprint density at radius 2 is 1.50 bits per heavy atom. The van der Waals surface area contributed by atoms with E-state index in [-0.39, 0.29) is 11.9 Å². The summed E-state index contributed by atoms with van der Waals surface area (Å²) < 4.78 is 5.80. The average Bonchev–Trinajstić information content (AvgIpc) is 2.87. The predicted octanol–water partition coefficient (Wildman–Crippen LogP) is 4.58. The highest BCUT2D eigenvalue weighted by molar-refractivity contribution is 7.80. The third-order valence-electron chi connectivity index (χ3n) is 6.02. The first-order chi connectivity index (χ1) is 16.7. The molecule has 176 valence electrons. The van der Waals surface area contributed by atoms with E-state index in [0.717, 1.165) is 44.6 Å². The van der Waals surface area contributed by atoms with Crippen molar-refractivity contribution >= 4 is 23.2 Å². The topological polar surface area (TPSA) is 53.6 Å². The maximum Gasteiger partial charge on any atom is 0.257 e. The van der Waals surface area contributed by atoms with E-state index in [1.165, 1.54) is 11.1 Å².